The number of benzene rings is 2. The lowest BCUT2D eigenvalue weighted by Gasteiger charge is -2.24. The van der Waals surface area contributed by atoms with Gasteiger partial charge in [-0.2, -0.15) is 0 Å². The van der Waals surface area contributed by atoms with Crippen molar-refractivity contribution in [2.24, 2.45) is 0 Å². The molecule has 1 aliphatic heterocycles. The smallest absolute Gasteiger partial charge is 0.254 e. The van der Waals surface area contributed by atoms with Crippen LogP contribution in [0.4, 0.5) is 5.69 Å². The van der Waals surface area contributed by atoms with Gasteiger partial charge < -0.3 is 10.2 Å². The van der Waals surface area contributed by atoms with E-state index < -0.39 is 6.04 Å². The summed E-state index contributed by atoms with van der Waals surface area (Å²) < 4.78 is 0. The highest BCUT2D eigenvalue weighted by Crippen LogP contribution is 2.25. The van der Waals surface area contributed by atoms with Gasteiger partial charge in [-0.15, -0.1) is 0 Å². The van der Waals surface area contributed by atoms with Crippen LogP contribution in [0.2, 0.25) is 5.02 Å². The third-order valence-electron chi connectivity index (χ3n) is 4.36. The largest absolute Gasteiger partial charge is 0.327 e. The van der Waals surface area contributed by atoms with Crippen molar-refractivity contribution in [2.75, 3.05) is 11.9 Å². The molecular weight excluding hydrogens is 324 g/mol. The van der Waals surface area contributed by atoms with Gasteiger partial charge in [0.15, 0.2) is 0 Å². The molecular formula is C19H19ClN2O2. The summed E-state index contributed by atoms with van der Waals surface area (Å²) in [5, 5.41) is 3.52. The predicted molar refractivity (Wildman–Crippen MR) is 95.3 cm³/mol. The van der Waals surface area contributed by atoms with Gasteiger partial charge in [-0.05, 0) is 49.6 Å². The molecule has 2 aromatic rings. The molecule has 0 bridgehead atoms. The molecule has 124 valence electrons. The summed E-state index contributed by atoms with van der Waals surface area (Å²) in [4.78, 5) is 27.0. The fraction of sp³-hybridized carbons (Fsp3) is 0.263. The monoisotopic (exact) mass is 342 g/mol. The summed E-state index contributed by atoms with van der Waals surface area (Å²) in [6.07, 6.45) is 1.50. The molecule has 2 amide bonds. The van der Waals surface area contributed by atoms with Crippen molar-refractivity contribution in [1.29, 1.82) is 0 Å². The summed E-state index contributed by atoms with van der Waals surface area (Å²) in [6, 6.07) is 14.0. The van der Waals surface area contributed by atoms with E-state index in [2.05, 4.69) is 5.32 Å². The number of carbonyl (C=O) groups excluding carboxylic acids is 2. The van der Waals surface area contributed by atoms with Crippen molar-refractivity contribution in [1.82, 2.24) is 4.90 Å². The Hall–Kier alpha value is -2.33. The van der Waals surface area contributed by atoms with Gasteiger partial charge in [0.05, 0.1) is 0 Å². The van der Waals surface area contributed by atoms with Crippen LogP contribution in [0.5, 0.6) is 0 Å². The van der Waals surface area contributed by atoms with E-state index in [4.69, 9.17) is 11.6 Å². The van der Waals surface area contributed by atoms with Crippen molar-refractivity contribution in [3.8, 4) is 0 Å². The lowest BCUT2D eigenvalue weighted by atomic mass is 10.1. The Kier molecular flexibility index (Phi) is 4.86. The maximum atomic E-state index is 12.7. The Morgan fingerprint density at radius 1 is 1.12 bits per heavy atom. The van der Waals surface area contributed by atoms with E-state index in [1.165, 1.54) is 0 Å². The Balaban J connectivity index is 1.76. The third kappa shape index (κ3) is 3.29. The molecule has 4 nitrogen and oxygen atoms in total. The van der Waals surface area contributed by atoms with Crippen LogP contribution in [0.3, 0.4) is 0 Å². The third-order valence-corrected chi connectivity index (χ3v) is 4.77. The molecule has 1 aliphatic rings. The second-order valence-electron chi connectivity index (χ2n) is 5.92. The molecule has 5 heteroatoms. The molecule has 1 atom stereocenters. The predicted octanol–water partition coefficient (Wildman–Crippen LogP) is 3.89. The van der Waals surface area contributed by atoms with Gasteiger partial charge in [0.25, 0.3) is 5.91 Å². The van der Waals surface area contributed by atoms with Gasteiger partial charge in [-0.3, -0.25) is 9.59 Å². The first-order chi connectivity index (χ1) is 11.6. The van der Waals surface area contributed by atoms with Crippen molar-refractivity contribution in [2.45, 2.75) is 25.8 Å². The molecule has 3 rings (SSSR count). The Morgan fingerprint density at radius 2 is 1.88 bits per heavy atom. The number of rotatable bonds is 3. The average Bonchev–Trinajstić information content (AvgIpc) is 3.09. The maximum Gasteiger partial charge on any atom is 0.254 e. The summed E-state index contributed by atoms with van der Waals surface area (Å²) in [6.45, 7) is 2.46. The molecule has 1 N–H and O–H groups in total. The van der Waals surface area contributed by atoms with E-state index in [0.717, 1.165) is 12.0 Å². The van der Waals surface area contributed by atoms with E-state index in [1.54, 1.807) is 29.2 Å². The molecule has 1 fully saturated rings. The molecule has 1 unspecified atom stereocenters. The zero-order chi connectivity index (χ0) is 17.1. The standard InChI is InChI=1S/C19H19ClN2O2/c1-13-15(20)9-5-10-16(13)21-18(23)17-11-6-12-22(17)19(24)14-7-3-2-4-8-14/h2-5,7-10,17H,6,11-12H2,1H3,(H,21,23). The molecule has 1 heterocycles. The number of nitrogens with one attached hydrogen (secondary N) is 1. The number of likely N-dealkylation sites (tertiary alicyclic amines) is 1. The maximum absolute atomic E-state index is 12.7. The lowest BCUT2D eigenvalue weighted by Crippen LogP contribution is -2.43. The van der Waals surface area contributed by atoms with Gasteiger partial charge in [0, 0.05) is 22.8 Å². The van der Waals surface area contributed by atoms with Crippen LogP contribution in [0.25, 0.3) is 0 Å². The zero-order valence-electron chi connectivity index (χ0n) is 13.5. The van der Waals surface area contributed by atoms with Crippen LogP contribution in [0.15, 0.2) is 48.5 Å². The van der Waals surface area contributed by atoms with Crippen LogP contribution in [-0.4, -0.2) is 29.3 Å². The minimum atomic E-state index is -0.448. The normalized spacial score (nSPS) is 16.9. The number of nitrogens with zero attached hydrogens (tertiary/aromatic N) is 1. The van der Waals surface area contributed by atoms with Crippen LogP contribution in [0.1, 0.15) is 28.8 Å². The van der Waals surface area contributed by atoms with Crippen molar-refractivity contribution < 1.29 is 9.59 Å². The van der Waals surface area contributed by atoms with E-state index >= 15 is 0 Å². The Bertz CT molecular complexity index is 761. The molecule has 0 spiro atoms. The summed E-state index contributed by atoms with van der Waals surface area (Å²) in [5.41, 5.74) is 2.12. The zero-order valence-corrected chi connectivity index (χ0v) is 14.2. The van der Waals surface area contributed by atoms with E-state index in [1.807, 2.05) is 31.2 Å². The van der Waals surface area contributed by atoms with Gasteiger partial charge in [-0.1, -0.05) is 35.9 Å². The Labute approximate surface area is 146 Å². The summed E-state index contributed by atoms with van der Waals surface area (Å²) in [5.74, 6) is -0.266. The van der Waals surface area contributed by atoms with Crippen LogP contribution >= 0.6 is 11.6 Å². The second kappa shape index (κ2) is 7.05. The number of anilines is 1. The highest BCUT2D eigenvalue weighted by molar-refractivity contribution is 6.31. The summed E-state index contributed by atoms with van der Waals surface area (Å²) >= 11 is 6.10. The molecule has 2 aromatic carbocycles. The molecule has 0 saturated carbocycles. The van der Waals surface area contributed by atoms with Crippen LogP contribution in [0, 0.1) is 6.92 Å². The number of halogens is 1. The van der Waals surface area contributed by atoms with Gasteiger partial charge >= 0.3 is 0 Å². The van der Waals surface area contributed by atoms with Crippen molar-refractivity contribution in [3.63, 3.8) is 0 Å². The second-order valence-corrected chi connectivity index (χ2v) is 6.33. The van der Waals surface area contributed by atoms with E-state index in [9.17, 15) is 9.59 Å². The minimum absolute atomic E-state index is 0.101. The highest BCUT2D eigenvalue weighted by atomic mass is 35.5. The highest BCUT2D eigenvalue weighted by Gasteiger charge is 2.34. The van der Waals surface area contributed by atoms with Crippen LogP contribution < -0.4 is 5.32 Å². The van der Waals surface area contributed by atoms with Crippen molar-refractivity contribution >= 4 is 29.1 Å². The van der Waals surface area contributed by atoms with Crippen LogP contribution in [-0.2, 0) is 4.79 Å². The topological polar surface area (TPSA) is 49.4 Å². The molecule has 24 heavy (non-hydrogen) atoms. The molecule has 0 aromatic heterocycles. The van der Waals surface area contributed by atoms with Crippen molar-refractivity contribution in [3.05, 3.63) is 64.7 Å². The number of hydrogen-bond donors (Lipinski definition) is 1. The lowest BCUT2D eigenvalue weighted by molar-refractivity contribution is -0.119. The van der Waals surface area contributed by atoms with Gasteiger partial charge in [0.2, 0.25) is 5.91 Å². The van der Waals surface area contributed by atoms with E-state index in [0.29, 0.717) is 29.2 Å². The number of carbonyl (C=O) groups is 2. The SMILES string of the molecule is Cc1c(Cl)cccc1NC(=O)C1CCCN1C(=O)c1ccccc1. The first-order valence-corrected chi connectivity index (χ1v) is 8.37. The first-order valence-electron chi connectivity index (χ1n) is 8.00. The number of hydrogen-bond acceptors (Lipinski definition) is 2. The Morgan fingerprint density at radius 3 is 2.62 bits per heavy atom. The fourth-order valence-corrected chi connectivity index (χ4v) is 3.16. The molecule has 0 radical (unpaired) electrons. The van der Waals surface area contributed by atoms with Gasteiger partial charge in [0.1, 0.15) is 6.04 Å². The minimum Gasteiger partial charge on any atom is -0.327 e. The molecule has 0 aliphatic carbocycles. The number of amides is 2. The average molecular weight is 343 g/mol. The van der Waals surface area contributed by atoms with Gasteiger partial charge in [-0.25, -0.2) is 0 Å². The quantitative estimate of drug-likeness (QED) is 0.919. The summed E-state index contributed by atoms with van der Waals surface area (Å²) in [7, 11) is 0. The first kappa shape index (κ1) is 16.5. The van der Waals surface area contributed by atoms with E-state index in [-0.39, 0.29) is 11.8 Å². The fourth-order valence-electron chi connectivity index (χ4n) is 2.99. The molecule has 1 saturated heterocycles.